The topological polar surface area (TPSA) is 82.8 Å². The van der Waals surface area contributed by atoms with Gasteiger partial charge < -0.3 is 13.9 Å². The second kappa shape index (κ2) is 9.89. The van der Waals surface area contributed by atoms with E-state index in [2.05, 4.69) is 26.2 Å². The Morgan fingerprint density at radius 3 is 2.48 bits per heavy atom. The Morgan fingerprint density at radius 1 is 1.10 bits per heavy atom. The first-order valence-electron chi connectivity index (χ1n) is 10.0. The van der Waals surface area contributed by atoms with Crippen LogP contribution in [0.1, 0.15) is 19.8 Å². The number of rotatable bonds is 8. The SMILES string of the molecule is C=CC(=O)OCCCC1C=c2oc(=O)c(-c3ccc(OC(=O)C=C)cc3)cc2=C[C@@H]1C. The summed E-state index contributed by atoms with van der Waals surface area (Å²) in [5, 5.41) is 0.860. The van der Waals surface area contributed by atoms with E-state index in [4.69, 9.17) is 13.9 Å². The number of carbonyl (C=O) groups excluding carboxylic acids is 2. The summed E-state index contributed by atoms with van der Waals surface area (Å²) in [6, 6.07) is 8.45. The second-order valence-corrected chi connectivity index (χ2v) is 7.29. The van der Waals surface area contributed by atoms with E-state index in [1.807, 2.05) is 12.1 Å². The van der Waals surface area contributed by atoms with Gasteiger partial charge in [0.25, 0.3) is 0 Å². The van der Waals surface area contributed by atoms with Crippen LogP contribution in [0.15, 0.2) is 64.9 Å². The quantitative estimate of drug-likeness (QED) is 0.283. The molecule has 0 radical (unpaired) electrons. The van der Waals surface area contributed by atoms with Gasteiger partial charge in [-0.15, -0.1) is 0 Å². The third-order valence-electron chi connectivity index (χ3n) is 5.13. The third-order valence-corrected chi connectivity index (χ3v) is 5.13. The van der Waals surface area contributed by atoms with Crippen molar-refractivity contribution in [2.24, 2.45) is 11.8 Å². The van der Waals surface area contributed by atoms with Crippen molar-refractivity contribution < 1.29 is 23.5 Å². The van der Waals surface area contributed by atoms with Crippen molar-refractivity contribution in [1.82, 2.24) is 0 Å². The van der Waals surface area contributed by atoms with Gasteiger partial charge in [0.1, 0.15) is 11.2 Å². The Balaban J connectivity index is 1.79. The molecule has 0 amide bonds. The highest BCUT2D eigenvalue weighted by Crippen LogP contribution is 2.23. The van der Waals surface area contributed by atoms with Crippen molar-refractivity contribution in [3.05, 3.63) is 76.7 Å². The Kier molecular flexibility index (Phi) is 7.03. The van der Waals surface area contributed by atoms with Crippen molar-refractivity contribution in [1.29, 1.82) is 0 Å². The lowest BCUT2D eigenvalue weighted by atomic mass is 9.86. The maximum absolute atomic E-state index is 12.6. The first kappa shape index (κ1) is 22.0. The molecule has 1 aromatic carbocycles. The number of esters is 2. The fourth-order valence-corrected chi connectivity index (χ4v) is 3.47. The Hall–Kier alpha value is -3.67. The van der Waals surface area contributed by atoms with Crippen molar-refractivity contribution in [3.8, 4) is 16.9 Å². The van der Waals surface area contributed by atoms with Crippen molar-refractivity contribution in [2.45, 2.75) is 19.8 Å². The number of hydrogen-bond donors (Lipinski definition) is 0. The molecule has 1 aliphatic carbocycles. The van der Waals surface area contributed by atoms with E-state index < -0.39 is 17.6 Å². The second-order valence-electron chi connectivity index (χ2n) is 7.29. The molecule has 0 aliphatic heterocycles. The van der Waals surface area contributed by atoms with Crippen LogP contribution in [0, 0.1) is 11.8 Å². The average Bonchev–Trinajstić information content (AvgIpc) is 2.77. The van der Waals surface area contributed by atoms with Gasteiger partial charge >= 0.3 is 17.6 Å². The van der Waals surface area contributed by atoms with E-state index in [9.17, 15) is 14.4 Å². The summed E-state index contributed by atoms with van der Waals surface area (Å²) in [4.78, 5) is 35.0. The zero-order chi connectivity index (χ0) is 22.4. The first-order valence-corrected chi connectivity index (χ1v) is 10.0. The number of fused-ring (bicyclic) bond motifs is 1. The molecule has 2 aromatic rings. The van der Waals surface area contributed by atoms with Gasteiger partial charge in [0, 0.05) is 17.4 Å². The summed E-state index contributed by atoms with van der Waals surface area (Å²) >= 11 is 0. The van der Waals surface area contributed by atoms with E-state index in [-0.39, 0.29) is 11.8 Å². The fraction of sp³-hybridized carbons (Fsp3) is 0.240. The van der Waals surface area contributed by atoms with E-state index in [0.29, 0.717) is 35.3 Å². The van der Waals surface area contributed by atoms with Gasteiger partial charge in [-0.3, -0.25) is 0 Å². The molecule has 2 atom stereocenters. The average molecular weight is 420 g/mol. The fourth-order valence-electron chi connectivity index (χ4n) is 3.47. The Bertz CT molecular complexity index is 1170. The molecule has 6 heteroatoms. The van der Waals surface area contributed by atoms with Crippen LogP contribution in [0.5, 0.6) is 5.75 Å². The summed E-state index contributed by atoms with van der Waals surface area (Å²) in [6.07, 6.45) is 7.80. The van der Waals surface area contributed by atoms with Crippen LogP contribution in [-0.2, 0) is 14.3 Å². The van der Waals surface area contributed by atoms with Crippen LogP contribution >= 0.6 is 0 Å². The summed E-state index contributed by atoms with van der Waals surface area (Å²) in [7, 11) is 0. The first-order chi connectivity index (χ1) is 14.9. The zero-order valence-electron chi connectivity index (χ0n) is 17.3. The minimum Gasteiger partial charge on any atom is -0.463 e. The highest BCUT2D eigenvalue weighted by atomic mass is 16.5. The normalized spacial score (nSPS) is 16.8. The molecule has 1 heterocycles. The summed E-state index contributed by atoms with van der Waals surface area (Å²) in [5.41, 5.74) is 1.22. The molecule has 0 saturated heterocycles. The van der Waals surface area contributed by atoms with E-state index in [1.165, 1.54) is 0 Å². The van der Waals surface area contributed by atoms with Gasteiger partial charge in [-0.1, -0.05) is 38.3 Å². The minimum absolute atomic E-state index is 0.183. The maximum Gasteiger partial charge on any atom is 0.344 e. The van der Waals surface area contributed by atoms with Crippen LogP contribution in [0.4, 0.5) is 0 Å². The van der Waals surface area contributed by atoms with E-state index >= 15 is 0 Å². The van der Waals surface area contributed by atoms with E-state index in [0.717, 1.165) is 23.8 Å². The highest BCUT2D eigenvalue weighted by molar-refractivity contribution is 5.83. The molecular formula is C25H24O6. The molecule has 0 spiro atoms. The standard InChI is InChI=1S/C25H24O6/c1-4-23(26)29-12-6-7-18-15-22-19(13-16(18)3)14-21(25(28)31-22)17-8-10-20(11-9-17)30-24(27)5-2/h4-5,8-11,13-16,18H,1-2,6-7,12H2,3H3/t16-,18?/m0/s1. The molecule has 0 bridgehead atoms. The summed E-state index contributed by atoms with van der Waals surface area (Å²) < 4.78 is 15.7. The van der Waals surface area contributed by atoms with Crippen molar-refractivity contribution in [2.75, 3.05) is 6.61 Å². The van der Waals surface area contributed by atoms with Crippen LogP contribution in [0.25, 0.3) is 23.3 Å². The predicted molar refractivity (Wildman–Crippen MR) is 117 cm³/mol. The monoisotopic (exact) mass is 420 g/mol. The Morgan fingerprint density at radius 2 is 1.81 bits per heavy atom. The van der Waals surface area contributed by atoms with Crippen molar-refractivity contribution >= 4 is 24.1 Å². The number of hydrogen-bond acceptors (Lipinski definition) is 6. The maximum atomic E-state index is 12.6. The molecule has 160 valence electrons. The molecule has 1 aliphatic rings. The Labute approximate surface area is 179 Å². The number of carbonyl (C=O) groups is 2. The summed E-state index contributed by atoms with van der Waals surface area (Å²) in [6.45, 7) is 9.16. The molecule has 31 heavy (non-hydrogen) atoms. The smallest absolute Gasteiger partial charge is 0.344 e. The molecule has 3 rings (SSSR count). The van der Waals surface area contributed by atoms with Crippen LogP contribution in [-0.4, -0.2) is 18.5 Å². The molecule has 1 aromatic heterocycles. The molecule has 0 fully saturated rings. The van der Waals surface area contributed by atoms with Gasteiger partial charge in [-0.25, -0.2) is 14.4 Å². The molecule has 0 saturated carbocycles. The molecule has 6 nitrogen and oxygen atoms in total. The molecule has 0 N–H and O–H groups in total. The zero-order valence-corrected chi connectivity index (χ0v) is 17.3. The number of ether oxygens (including phenoxy) is 2. The largest absolute Gasteiger partial charge is 0.463 e. The molecule has 1 unspecified atom stereocenters. The van der Waals surface area contributed by atoms with Gasteiger partial charge in [0.15, 0.2) is 0 Å². The van der Waals surface area contributed by atoms with Crippen LogP contribution in [0.2, 0.25) is 0 Å². The van der Waals surface area contributed by atoms with Gasteiger partial charge in [0.05, 0.1) is 12.2 Å². The van der Waals surface area contributed by atoms with Gasteiger partial charge in [-0.2, -0.15) is 0 Å². The highest BCUT2D eigenvalue weighted by Gasteiger charge is 2.18. The molecular weight excluding hydrogens is 396 g/mol. The number of benzene rings is 1. The van der Waals surface area contributed by atoms with Crippen molar-refractivity contribution in [3.63, 3.8) is 0 Å². The minimum atomic E-state index is -0.548. The van der Waals surface area contributed by atoms with Crippen LogP contribution in [0.3, 0.4) is 0 Å². The predicted octanol–water partition coefficient (Wildman–Crippen LogP) is 2.73. The summed E-state index contributed by atoms with van der Waals surface area (Å²) in [5.74, 6) is -0.186. The lowest BCUT2D eigenvalue weighted by Crippen LogP contribution is -2.35. The van der Waals surface area contributed by atoms with Gasteiger partial charge in [0.2, 0.25) is 0 Å². The van der Waals surface area contributed by atoms with E-state index in [1.54, 1.807) is 24.3 Å². The lowest BCUT2D eigenvalue weighted by Gasteiger charge is -2.20. The van der Waals surface area contributed by atoms with Gasteiger partial charge in [-0.05, 0) is 54.5 Å². The van der Waals surface area contributed by atoms with Crippen LogP contribution < -0.4 is 21.0 Å². The third kappa shape index (κ3) is 5.48. The lowest BCUT2D eigenvalue weighted by molar-refractivity contribution is -0.137.